The monoisotopic (exact) mass is 259 g/mol. The van der Waals surface area contributed by atoms with Crippen molar-refractivity contribution in [2.24, 2.45) is 0 Å². The first-order chi connectivity index (χ1) is 8.61. The molecule has 0 aliphatic rings. The molecule has 0 aromatic heterocycles. The third kappa shape index (κ3) is 8.95. The SMILES string of the molecule is CCCNC(=O)C(C)NCCC(=O)NCCOC. The van der Waals surface area contributed by atoms with Crippen molar-refractivity contribution in [2.45, 2.75) is 32.7 Å². The van der Waals surface area contributed by atoms with Gasteiger partial charge in [-0.2, -0.15) is 0 Å². The maximum Gasteiger partial charge on any atom is 0.236 e. The van der Waals surface area contributed by atoms with E-state index in [4.69, 9.17) is 4.74 Å². The smallest absolute Gasteiger partial charge is 0.236 e. The van der Waals surface area contributed by atoms with Crippen LogP contribution in [0, 0.1) is 0 Å². The topological polar surface area (TPSA) is 79.5 Å². The van der Waals surface area contributed by atoms with E-state index in [1.807, 2.05) is 6.92 Å². The van der Waals surface area contributed by atoms with E-state index in [9.17, 15) is 9.59 Å². The summed E-state index contributed by atoms with van der Waals surface area (Å²) in [5.74, 6) is -0.0719. The van der Waals surface area contributed by atoms with Crippen LogP contribution < -0.4 is 16.0 Å². The van der Waals surface area contributed by atoms with Gasteiger partial charge in [0.15, 0.2) is 0 Å². The van der Waals surface area contributed by atoms with Crippen LogP contribution in [-0.2, 0) is 14.3 Å². The quantitative estimate of drug-likeness (QED) is 0.468. The summed E-state index contributed by atoms with van der Waals surface area (Å²) in [6.45, 7) is 5.98. The number of hydrogen-bond donors (Lipinski definition) is 3. The van der Waals surface area contributed by atoms with Crippen LogP contribution in [0.4, 0.5) is 0 Å². The Labute approximate surface area is 109 Å². The fourth-order valence-electron chi connectivity index (χ4n) is 1.28. The van der Waals surface area contributed by atoms with Crippen LogP contribution in [0.2, 0.25) is 0 Å². The highest BCUT2D eigenvalue weighted by Gasteiger charge is 2.11. The summed E-state index contributed by atoms with van der Waals surface area (Å²) in [6.07, 6.45) is 1.27. The molecule has 0 aliphatic heterocycles. The minimum absolute atomic E-state index is 0.0309. The first-order valence-corrected chi connectivity index (χ1v) is 6.38. The summed E-state index contributed by atoms with van der Waals surface area (Å²) in [5, 5.41) is 8.52. The van der Waals surface area contributed by atoms with E-state index in [-0.39, 0.29) is 17.9 Å². The predicted molar refractivity (Wildman–Crippen MR) is 70.3 cm³/mol. The number of carbonyl (C=O) groups is 2. The normalized spacial score (nSPS) is 11.9. The van der Waals surface area contributed by atoms with Crippen molar-refractivity contribution < 1.29 is 14.3 Å². The van der Waals surface area contributed by atoms with E-state index >= 15 is 0 Å². The molecule has 1 atom stereocenters. The summed E-state index contributed by atoms with van der Waals surface area (Å²) in [6, 6.07) is -0.275. The van der Waals surface area contributed by atoms with Crippen molar-refractivity contribution >= 4 is 11.8 Å². The second-order valence-corrected chi connectivity index (χ2v) is 4.06. The lowest BCUT2D eigenvalue weighted by Crippen LogP contribution is -2.43. The lowest BCUT2D eigenvalue weighted by molar-refractivity contribution is -0.124. The van der Waals surface area contributed by atoms with E-state index in [0.717, 1.165) is 6.42 Å². The van der Waals surface area contributed by atoms with Crippen molar-refractivity contribution in [3.05, 3.63) is 0 Å². The largest absolute Gasteiger partial charge is 0.383 e. The number of hydrogen-bond acceptors (Lipinski definition) is 4. The molecule has 18 heavy (non-hydrogen) atoms. The van der Waals surface area contributed by atoms with Gasteiger partial charge in [-0.15, -0.1) is 0 Å². The Hall–Kier alpha value is -1.14. The molecule has 0 radical (unpaired) electrons. The Morgan fingerprint density at radius 1 is 1.17 bits per heavy atom. The highest BCUT2D eigenvalue weighted by atomic mass is 16.5. The molecule has 0 spiro atoms. The van der Waals surface area contributed by atoms with Crippen LogP contribution in [0.3, 0.4) is 0 Å². The number of amides is 2. The van der Waals surface area contributed by atoms with Crippen LogP contribution in [-0.4, -0.2) is 51.2 Å². The maximum atomic E-state index is 11.5. The van der Waals surface area contributed by atoms with Gasteiger partial charge in [-0.05, 0) is 13.3 Å². The molecule has 6 heteroatoms. The zero-order valence-electron chi connectivity index (χ0n) is 11.5. The molecule has 0 bridgehead atoms. The van der Waals surface area contributed by atoms with E-state index < -0.39 is 0 Å². The molecule has 0 saturated carbocycles. The Bertz CT molecular complexity index is 247. The molecule has 0 rings (SSSR count). The third-order valence-electron chi connectivity index (χ3n) is 2.37. The van der Waals surface area contributed by atoms with E-state index in [2.05, 4.69) is 16.0 Å². The van der Waals surface area contributed by atoms with Gasteiger partial charge in [0.1, 0.15) is 0 Å². The summed E-state index contributed by atoms with van der Waals surface area (Å²) in [5.41, 5.74) is 0. The van der Waals surface area contributed by atoms with Gasteiger partial charge in [0.2, 0.25) is 11.8 Å². The van der Waals surface area contributed by atoms with Crippen LogP contribution >= 0.6 is 0 Å². The molecule has 0 aromatic rings. The lowest BCUT2D eigenvalue weighted by Gasteiger charge is -2.13. The maximum absolute atomic E-state index is 11.5. The van der Waals surface area contributed by atoms with Crippen molar-refractivity contribution in [3.8, 4) is 0 Å². The average molecular weight is 259 g/mol. The van der Waals surface area contributed by atoms with Crippen LogP contribution in [0.1, 0.15) is 26.7 Å². The van der Waals surface area contributed by atoms with Gasteiger partial charge < -0.3 is 20.7 Å². The van der Waals surface area contributed by atoms with Crippen LogP contribution in [0.25, 0.3) is 0 Å². The van der Waals surface area contributed by atoms with Gasteiger partial charge in [0.25, 0.3) is 0 Å². The molecule has 0 heterocycles. The van der Waals surface area contributed by atoms with Crippen molar-refractivity contribution in [1.29, 1.82) is 0 Å². The highest BCUT2D eigenvalue weighted by molar-refractivity contribution is 5.81. The Kier molecular flexibility index (Phi) is 10.3. The summed E-state index contributed by atoms with van der Waals surface area (Å²) >= 11 is 0. The summed E-state index contributed by atoms with van der Waals surface area (Å²) in [4.78, 5) is 22.8. The molecule has 0 saturated heterocycles. The van der Waals surface area contributed by atoms with E-state index in [0.29, 0.717) is 32.7 Å². The molecule has 0 aliphatic carbocycles. The third-order valence-corrected chi connectivity index (χ3v) is 2.37. The average Bonchev–Trinajstić information content (AvgIpc) is 2.36. The molecule has 1 unspecified atom stereocenters. The first-order valence-electron chi connectivity index (χ1n) is 6.38. The molecule has 106 valence electrons. The number of methoxy groups -OCH3 is 1. The molecular formula is C12H25N3O3. The number of nitrogens with one attached hydrogen (secondary N) is 3. The summed E-state index contributed by atoms with van der Waals surface area (Å²) < 4.78 is 4.82. The minimum Gasteiger partial charge on any atom is -0.383 e. The van der Waals surface area contributed by atoms with Crippen molar-refractivity contribution in [2.75, 3.05) is 33.4 Å². The Morgan fingerprint density at radius 2 is 1.89 bits per heavy atom. The Morgan fingerprint density at radius 3 is 2.50 bits per heavy atom. The van der Waals surface area contributed by atoms with E-state index in [1.165, 1.54) is 0 Å². The second kappa shape index (κ2) is 11.0. The molecule has 0 fully saturated rings. The van der Waals surface area contributed by atoms with Gasteiger partial charge in [0.05, 0.1) is 12.6 Å². The van der Waals surface area contributed by atoms with Crippen molar-refractivity contribution in [3.63, 3.8) is 0 Å². The number of ether oxygens (including phenoxy) is 1. The summed E-state index contributed by atoms with van der Waals surface area (Å²) in [7, 11) is 1.59. The van der Waals surface area contributed by atoms with Gasteiger partial charge >= 0.3 is 0 Å². The van der Waals surface area contributed by atoms with Crippen molar-refractivity contribution in [1.82, 2.24) is 16.0 Å². The van der Waals surface area contributed by atoms with Gasteiger partial charge in [-0.1, -0.05) is 6.92 Å². The molecule has 2 amide bonds. The van der Waals surface area contributed by atoms with Gasteiger partial charge in [0, 0.05) is 33.2 Å². The first kappa shape index (κ1) is 16.9. The predicted octanol–water partition coefficient (Wildman–Crippen LogP) is -0.357. The molecule has 3 N–H and O–H groups in total. The molecule has 0 aromatic carbocycles. The zero-order valence-corrected chi connectivity index (χ0v) is 11.5. The van der Waals surface area contributed by atoms with Crippen LogP contribution in [0.5, 0.6) is 0 Å². The number of rotatable bonds is 10. The fourth-order valence-corrected chi connectivity index (χ4v) is 1.28. The lowest BCUT2D eigenvalue weighted by atomic mass is 10.3. The minimum atomic E-state index is -0.275. The van der Waals surface area contributed by atoms with Gasteiger partial charge in [-0.3, -0.25) is 9.59 Å². The van der Waals surface area contributed by atoms with E-state index in [1.54, 1.807) is 14.0 Å². The highest BCUT2D eigenvalue weighted by Crippen LogP contribution is 1.85. The Balaban J connectivity index is 3.57. The molecule has 6 nitrogen and oxygen atoms in total. The number of carbonyl (C=O) groups excluding carboxylic acids is 2. The zero-order chi connectivity index (χ0) is 13.8. The molecular weight excluding hydrogens is 234 g/mol. The second-order valence-electron chi connectivity index (χ2n) is 4.06. The fraction of sp³-hybridized carbons (Fsp3) is 0.833. The van der Waals surface area contributed by atoms with Gasteiger partial charge in [-0.25, -0.2) is 0 Å². The standard InChI is InChI=1S/C12H25N3O3/c1-4-6-15-12(17)10(2)13-7-5-11(16)14-8-9-18-3/h10,13H,4-9H2,1-3H3,(H,14,16)(H,15,17). The van der Waals surface area contributed by atoms with Crippen LogP contribution in [0.15, 0.2) is 0 Å².